The summed E-state index contributed by atoms with van der Waals surface area (Å²) in [6.07, 6.45) is 0.428. The van der Waals surface area contributed by atoms with Crippen LogP contribution in [0.5, 0.6) is 5.75 Å². The lowest BCUT2D eigenvalue weighted by molar-refractivity contribution is -0.0500. The molecule has 0 saturated carbocycles. The highest BCUT2D eigenvalue weighted by Crippen LogP contribution is 2.18. The zero-order valence-corrected chi connectivity index (χ0v) is 7.34. The second kappa shape index (κ2) is 4.85. The van der Waals surface area contributed by atoms with Crippen LogP contribution in [0, 0.1) is 5.82 Å². The standard InChI is InChI=1S/C9H10F3NO/c10-7-3-6(1-2-13)4-8(5-7)14-9(11)12/h3-5,9H,1-2,13H2. The molecule has 0 amide bonds. The van der Waals surface area contributed by atoms with Gasteiger partial charge in [-0.05, 0) is 30.7 Å². The fraction of sp³-hybridized carbons (Fsp3) is 0.333. The molecule has 5 heteroatoms. The van der Waals surface area contributed by atoms with Gasteiger partial charge in [0.1, 0.15) is 11.6 Å². The second-order valence-corrected chi connectivity index (χ2v) is 2.71. The molecule has 1 aromatic rings. The Balaban J connectivity index is 2.83. The average molecular weight is 205 g/mol. The van der Waals surface area contributed by atoms with Gasteiger partial charge in [-0.1, -0.05) is 0 Å². The summed E-state index contributed by atoms with van der Waals surface area (Å²) in [5.41, 5.74) is 5.80. The van der Waals surface area contributed by atoms with E-state index in [1.54, 1.807) is 0 Å². The van der Waals surface area contributed by atoms with Gasteiger partial charge in [0.05, 0.1) is 0 Å². The van der Waals surface area contributed by atoms with E-state index < -0.39 is 12.4 Å². The predicted molar refractivity (Wildman–Crippen MR) is 45.8 cm³/mol. The molecule has 0 aliphatic heterocycles. The van der Waals surface area contributed by atoms with Crippen molar-refractivity contribution in [3.8, 4) is 5.75 Å². The van der Waals surface area contributed by atoms with Crippen molar-refractivity contribution in [3.63, 3.8) is 0 Å². The Hall–Kier alpha value is -1.23. The first-order chi connectivity index (χ1) is 6.61. The van der Waals surface area contributed by atoms with Crippen LogP contribution in [0.25, 0.3) is 0 Å². The number of ether oxygens (including phenoxy) is 1. The molecule has 2 N–H and O–H groups in total. The van der Waals surface area contributed by atoms with Crippen LogP contribution in [-0.4, -0.2) is 13.2 Å². The number of nitrogens with two attached hydrogens (primary N) is 1. The fourth-order valence-corrected chi connectivity index (χ4v) is 1.10. The minimum absolute atomic E-state index is 0.177. The van der Waals surface area contributed by atoms with E-state index >= 15 is 0 Å². The predicted octanol–water partition coefficient (Wildman–Crippen LogP) is 1.93. The van der Waals surface area contributed by atoms with Gasteiger partial charge in [0, 0.05) is 6.07 Å². The maximum Gasteiger partial charge on any atom is 0.387 e. The van der Waals surface area contributed by atoms with E-state index in [-0.39, 0.29) is 5.75 Å². The SMILES string of the molecule is NCCc1cc(F)cc(OC(F)F)c1. The summed E-state index contributed by atoms with van der Waals surface area (Å²) in [5, 5.41) is 0. The van der Waals surface area contributed by atoms with Crippen molar-refractivity contribution in [1.29, 1.82) is 0 Å². The Morgan fingerprint density at radius 2 is 2.00 bits per heavy atom. The quantitative estimate of drug-likeness (QED) is 0.815. The summed E-state index contributed by atoms with van der Waals surface area (Å²) in [4.78, 5) is 0. The lowest BCUT2D eigenvalue weighted by Gasteiger charge is -2.06. The van der Waals surface area contributed by atoms with Crippen LogP contribution >= 0.6 is 0 Å². The van der Waals surface area contributed by atoms with Crippen molar-refractivity contribution in [2.75, 3.05) is 6.54 Å². The topological polar surface area (TPSA) is 35.2 Å². The summed E-state index contributed by atoms with van der Waals surface area (Å²) < 4.78 is 40.5. The van der Waals surface area contributed by atoms with Gasteiger partial charge < -0.3 is 10.5 Å². The van der Waals surface area contributed by atoms with E-state index in [1.807, 2.05) is 0 Å². The van der Waals surface area contributed by atoms with Crippen molar-refractivity contribution in [2.24, 2.45) is 5.73 Å². The third kappa shape index (κ3) is 3.26. The van der Waals surface area contributed by atoms with Crippen LogP contribution in [0.3, 0.4) is 0 Å². The minimum Gasteiger partial charge on any atom is -0.435 e. The molecule has 1 aromatic carbocycles. The Morgan fingerprint density at radius 3 is 2.57 bits per heavy atom. The maximum atomic E-state index is 12.8. The Labute approximate surface area is 79.5 Å². The second-order valence-electron chi connectivity index (χ2n) is 2.71. The molecule has 0 bridgehead atoms. The minimum atomic E-state index is -2.94. The van der Waals surface area contributed by atoms with E-state index in [4.69, 9.17) is 5.73 Å². The summed E-state index contributed by atoms with van der Waals surface area (Å²) in [5.74, 6) is -0.782. The molecule has 0 spiro atoms. The van der Waals surface area contributed by atoms with Gasteiger partial charge in [0.2, 0.25) is 0 Å². The number of hydrogen-bond donors (Lipinski definition) is 1. The summed E-state index contributed by atoms with van der Waals surface area (Å²) >= 11 is 0. The third-order valence-corrected chi connectivity index (χ3v) is 1.59. The number of rotatable bonds is 4. The highest BCUT2D eigenvalue weighted by Gasteiger charge is 2.06. The zero-order valence-electron chi connectivity index (χ0n) is 7.34. The van der Waals surface area contributed by atoms with E-state index in [2.05, 4.69) is 4.74 Å². The van der Waals surface area contributed by atoms with Gasteiger partial charge in [0.25, 0.3) is 0 Å². The summed E-state index contributed by atoms with van der Waals surface area (Å²) in [7, 11) is 0. The van der Waals surface area contributed by atoms with Crippen molar-refractivity contribution in [2.45, 2.75) is 13.0 Å². The Bertz CT molecular complexity index is 304. The lowest BCUT2D eigenvalue weighted by atomic mass is 10.1. The van der Waals surface area contributed by atoms with Gasteiger partial charge in [-0.25, -0.2) is 4.39 Å². The molecule has 0 aliphatic carbocycles. The number of benzene rings is 1. The summed E-state index contributed by atoms with van der Waals surface area (Å²) in [6.45, 7) is -2.61. The molecular formula is C9H10F3NO. The van der Waals surface area contributed by atoms with E-state index in [0.717, 1.165) is 6.07 Å². The van der Waals surface area contributed by atoms with Gasteiger partial charge in [0.15, 0.2) is 0 Å². The summed E-state index contributed by atoms with van der Waals surface area (Å²) in [6, 6.07) is 3.50. The van der Waals surface area contributed by atoms with Crippen molar-refractivity contribution in [3.05, 3.63) is 29.6 Å². The van der Waals surface area contributed by atoms with Crippen molar-refractivity contribution in [1.82, 2.24) is 0 Å². The molecule has 78 valence electrons. The van der Waals surface area contributed by atoms with Crippen LogP contribution in [0.4, 0.5) is 13.2 Å². The van der Waals surface area contributed by atoms with Crippen LogP contribution < -0.4 is 10.5 Å². The first kappa shape index (κ1) is 10.8. The number of hydrogen-bond acceptors (Lipinski definition) is 2. The van der Waals surface area contributed by atoms with Crippen molar-refractivity contribution < 1.29 is 17.9 Å². The first-order valence-corrected chi connectivity index (χ1v) is 4.06. The molecule has 0 aromatic heterocycles. The molecule has 0 aliphatic rings. The number of halogens is 3. The van der Waals surface area contributed by atoms with Gasteiger partial charge in [-0.15, -0.1) is 0 Å². The monoisotopic (exact) mass is 205 g/mol. The normalized spacial score (nSPS) is 10.6. The van der Waals surface area contributed by atoms with Crippen molar-refractivity contribution >= 4 is 0 Å². The van der Waals surface area contributed by atoms with Crippen LogP contribution in [-0.2, 0) is 6.42 Å². The highest BCUT2D eigenvalue weighted by atomic mass is 19.3. The lowest BCUT2D eigenvalue weighted by Crippen LogP contribution is -2.05. The average Bonchev–Trinajstić information content (AvgIpc) is 2.01. The molecule has 0 saturated heterocycles. The largest absolute Gasteiger partial charge is 0.435 e. The zero-order chi connectivity index (χ0) is 10.6. The highest BCUT2D eigenvalue weighted by molar-refractivity contribution is 5.29. The van der Waals surface area contributed by atoms with Crippen LogP contribution in [0.1, 0.15) is 5.56 Å². The maximum absolute atomic E-state index is 12.8. The van der Waals surface area contributed by atoms with Gasteiger partial charge in [-0.3, -0.25) is 0 Å². The molecule has 0 fully saturated rings. The smallest absolute Gasteiger partial charge is 0.387 e. The Kier molecular flexibility index (Phi) is 3.76. The fourth-order valence-electron chi connectivity index (χ4n) is 1.10. The van der Waals surface area contributed by atoms with E-state index in [9.17, 15) is 13.2 Å². The van der Waals surface area contributed by atoms with E-state index in [0.29, 0.717) is 18.5 Å². The molecule has 1 rings (SSSR count). The molecule has 0 radical (unpaired) electrons. The molecule has 2 nitrogen and oxygen atoms in total. The molecule has 0 atom stereocenters. The van der Waals surface area contributed by atoms with Crippen LogP contribution in [0.15, 0.2) is 18.2 Å². The molecule has 0 unspecified atom stereocenters. The first-order valence-electron chi connectivity index (χ1n) is 4.06. The number of alkyl halides is 2. The molecule has 0 heterocycles. The Morgan fingerprint density at radius 1 is 1.29 bits per heavy atom. The third-order valence-electron chi connectivity index (χ3n) is 1.59. The van der Waals surface area contributed by atoms with Gasteiger partial charge in [-0.2, -0.15) is 8.78 Å². The van der Waals surface area contributed by atoms with Crippen LogP contribution in [0.2, 0.25) is 0 Å². The van der Waals surface area contributed by atoms with E-state index in [1.165, 1.54) is 12.1 Å². The molecular weight excluding hydrogens is 195 g/mol. The molecule has 14 heavy (non-hydrogen) atoms. The van der Waals surface area contributed by atoms with Gasteiger partial charge >= 0.3 is 6.61 Å².